The molecule has 0 aromatic carbocycles. The average Bonchev–Trinajstić information content (AvgIpc) is 3.54. The number of fused-ring (bicyclic) bond motifs is 1. The molecule has 10 heteroatoms. The summed E-state index contributed by atoms with van der Waals surface area (Å²) in [6.07, 6.45) is 8.24. The van der Waals surface area contributed by atoms with Crippen LogP contribution in [0.2, 0.25) is 0 Å². The molecule has 0 aliphatic carbocycles. The van der Waals surface area contributed by atoms with Gasteiger partial charge in [0.2, 0.25) is 0 Å². The first-order valence-electron chi connectivity index (χ1n) is 10.9. The van der Waals surface area contributed by atoms with Gasteiger partial charge in [-0.25, -0.2) is 29.7 Å². The van der Waals surface area contributed by atoms with Gasteiger partial charge in [0, 0.05) is 51.2 Å². The predicted octanol–water partition coefficient (Wildman–Crippen LogP) is 2.31. The van der Waals surface area contributed by atoms with Crippen molar-refractivity contribution in [1.29, 1.82) is 0 Å². The summed E-state index contributed by atoms with van der Waals surface area (Å²) >= 11 is 0. The van der Waals surface area contributed by atoms with Crippen molar-refractivity contribution in [2.24, 2.45) is 0 Å². The van der Waals surface area contributed by atoms with Gasteiger partial charge in [0.15, 0.2) is 17.0 Å². The normalized spacial score (nSPS) is 18.8. The third-order valence-corrected chi connectivity index (χ3v) is 6.06. The smallest absolute Gasteiger partial charge is 0.320 e. The number of aryl methyl sites for hydroxylation is 2. The van der Waals surface area contributed by atoms with Gasteiger partial charge in [-0.05, 0) is 33.1 Å². The molecule has 2 aliphatic heterocycles. The average molecular weight is 422 g/mol. The summed E-state index contributed by atoms with van der Waals surface area (Å²) in [5.74, 6) is 2.20. The monoisotopic (exact) mass is 421 g/mol. The molecular formula is C21H27N9O. The molecule has 1 atom stereocenters. The fraction of sp³-hybridized carbons (Fsp3) is 0.524. The van der Waals surface area contributed by atoms with Gasteiger partial charge in [0.05, 0.1) is 5.56 Å². The van der Waals surface area contributed by atoms with E-state index in [2.05, 4.69) is 32.2 Å². The molecule has 1 N–H and O–H groups in total. The van der Waals surface area contributed by atoms with Crippen molar-refractivity contribution < 1.29 is 4.79 Å². The molecule has 5 heterocycles. The minimum atomic E-state index is 0.141. The van der Waals surface area contributed by atoms with Crippen LogP contribution >= 0.6 is 0 Å². The number of rotatable bonds is 4. The zero-order chi connectivity index (χ0) is 21.4. The van der Waals surface area contributed by atoms with E-state index in [0.717, 1.165) is 73.8 Å². The lowest BCUT2D eigenvalue weighted by atomic mass is 10.2. The first-order chi connectivity index (χ1) is 15.1. The summed E-state index contributed by atoms with van der Waals surface area (Å²) in [4.78, 5) is 39.0. The highest BCUT2D eigenvalue weighted by Gasteiger charge is 2.31. The van der Waals surface area contributed by atoms with Crippen molar-refractivity contribution in [3.8, 4) is 11.4 Å². The SMILES string of the molecule is CCn1c(-c2cnc(C)nc2)nc2c(NC3CCN(C(=O)N4CCCC4)C3)ncnc21. The quantitative estimate of drug-likeness (QED) is 0.689. The highest BCUT2D eigenvalue weighted by Crippen LogP contribution is 2.27. The second kappa shape index (κ2) is 8.09. The molecule has 2 saturated heterocycles. The van der Waals surface area contributed by atoms with Gasteiger partial charge in [-0.15, -0.1) is 0 Å². The maximum Gasteiger partial charge on any atom is 0.320 e. The van der Waals surface area contributed by atoms with E-state index in [0.29, 0.717) is 12.4 Å². The van der Waals surface area contributed by atoms with E-state index in [9.17, 15) is 4.79 Å². The number of hydrogen-bond donors (Lipinski definition) is 1. The molecule has 0 saturated carbocycles. The molecular weight excluding hydrogens is 394 g/mol. The molecule has 0 radical (unpaired) electrons. The number of imidazole rings is 1. The first-order valence-corrected chi connectivity index (χ1v) is 10.9. The number of hydrogen-bond acceptors (Lipinski definition) is 7. The zero-order valence-corrected chi connectivity index (χ0v) is 18.0. The van der Waals surface area contributed by atoms with Crippen molar-refractivity contribution >= 4 is 23.0 Å². The van der Waals surface area contributed by atoms with Gasteiger partial charge in [-0.1, -0.05) is 0 Å². The molecule has 31 heavy (non-hydrogen) atoms. The summed E-state index contributed by atoms with van der Waals surface area (Å²) in [7, 11) is 0. The fourth-order valence-electron chi connectivity index (χ4n) is 4.42. The number of carbonyl (C=O) groups excluding carboxylic acids is 1. The van der Waals surface area contributed by atoms with Gasteiger partial charge in [0.25, 0.3) is 0 Å². The zero-order valence-electron chi connectivity index (χ0n) is 18.0. The number of amides is 2. The van der Waals surface area contributed by atoms with Crippen LogP contribution in [0.3, 0.4) is 0 Å². The van der Waals surface area contributed by atoms with Crippen molar-refractivity contribution in [2.75, 3.05) is 31.5 Å². The molecule has 5 rings (SSSR count). The van der Waals surface area contributed by atoms with Gasteiger partial charge >= 0.3 is 6.03 Å². The van der Waals surface area contributed by atoms with Crippen molar-refractivity contribution in [1.82, 2.24) is 39.3 Å². The summed E-state index contributed by atoms with van der Waals surface area (Å²) in [5, 5.41) is 3.51. The lowest BCUT2D eigenvalue weighted by molar-refractivity contribution is 0.172. The van der Waals surface area contributed by atoms with E-state index in [1.807, 2.05) is 21.3 Å². The van der Waals surface area contributed by atoms with E-state index in [4.69, 9.17) is 4.98 Å². The van der Waals surface area contributed by atoms with Crippen molar-refractivity contribution in [2.45, 2.75) is 45.7 Å². The Bertz CT molecular complexity index is 1090. The summed E-state index contributed by atoms with van der Waals surface area (Å²) in [6.45, 7) is 7.83. The van der Waals surface area contributed by atoms with Crippen LogP contribution in [0.5, 0.6) is 0 Å². The van der Waals surface area contributed by atoms with Crippen LogP contribution in [0, 0.1) is 6.92 Å². The second-order valence-electron chi connectivity index (χ2n) is 8.15. The number of nitrogens with zero attached hydrogens (tertiary/aromatic N) is 8. The van der Waals surface area contributed by atoms with Crippen LogP contribution < -0.4 is 5.32 Å². The van der Waals surface area contributed by atoms with E-state index >= 15 is 0 Å². The molecule has 3 aromatic heterocycles. The Morgan fingerprint density at radius 2 is 1.87 bits per heavy atom. The minimum absolute atomic E-state index is 0.141. The first kappa shape index (κ1) is 19.7. The third-order valence-electron chi connectivity index (χ3n) is 6.06. The number of urea groups is 1. The molecule has 2 aliphatic rings. The molecule has 2 amide bonds. The molecule has 162 valence electrons. The van der Waals surface area contributed by atoms with Gasteiger partial charge < -0.3 is 19.7 Å². The Kier molecular flexibility index (Phi) is 5.13. The van der Waals surface area contributed by atoms with E-state index in [-0.39, 0.29) is 12.1 Å². The number of anilines is 1. The highest BCUT2D eigenvalue weighted by atomic mass is 16.2. The minimum Gasteiger partial charge on any atom is -0.364 e. The van der Waals surface area contributed by atoms with Gasteiger partial charge in [-0.3, -0.25) is 0 Å². The van der Waals surface area contributed by atoms with Crippen LogP contribution in [-0.2, 0) is 6.54 Å². The Labute approximate surface area is 180 Å². The van der Waals surface area contributed by atoms with Crippen LogP contribution in [0.15, 0.2) is 18.7 Å². The fourth-order valence-corrected chi connectivity index (χ4v) is 4.42. The Balaban J connectivity index is 1.39. The summed E-state index contributed by atoms with van der Waals surface area (Å²) in [5.41, 5.74) is 2.35. The Morgan fingerprint density at radius 3 is 2.61 bits per heavy atom. The number of aromatic nitrogens is 6. The van der Waals surface area contributed by atoms with E-state index < -0.39 is 0 Å². The highest BCUT2D eigenvalue weighted by molar-refractivity contribution is 5.86. The van der Waals surface area contributed by atoms with Crippen LogP contribution in [0.25, 0.3) is 22.6 Å². The molecule has 10 nitrogen and oxygen atoms in total. The maximum absolute atomic E-state index is 12.7. The number of carbonyl (C=O) groups is 1. The Hall–Kier alpha value is -3.30. The van der Waals surface area contributed by atoms with Crippen molar-refractivity contribution in [3.63, 3.8) is 0 Å². The Morgan fingerprint density at radius 1 is 1.10 bits per heavy atom. The predicted molar refractivity (Wildman–Crippen MR) is 117 cm³/mol. The molecule has 3 aromatic rings. The lowest BCUT2D eigenvalue weighted by Gasteiger charge is -2.24. The number of nitrogens with one attached hydrogen (secondary N) is 1. The van der Waals surface area contributed by atoms with E-state index in [1.54, 1.807) is 18.7 Å². The molecule has 0 spiro atoms. The molecule has 1 unspecified atom stereocenters. The van der Waals surface area contributed by atoms with Gasteiger partial charge in [0.1, 0.15) is 18.0 Å². The summed E-state index contributed by atoms with van der Waals surface area (Å²) in [6, 6.07) is 0.300. The van der Waals surface area contributed by atoms with Gasteiger partial charge in [-0.2, -0.15) is 0 Å². The third kappa shape index (κ3) is 3.66. The molecule has 2 fully saturated rings. The number of likely N-dealkylation sites (tertiary alicyclic amines) is 2. The van der Waals surface area contributed by atoms with E-state index in [1.165, 1.54) is 0 Å². The standard InChI is InChI=1S/C21H27N9O/c1-3-30-19(15-10-22-14(2)23-11-15)27-17-18(24-13-25-20(17)30)26-16-6-9-29(12-16)21(31)28-7-4-5-8-28/h10-11,13,16H,3-9,12H2,1-2H3,(H,24,25,26). The van der Waals surface area contributed by atoms with Crippen LogP contribution in [0.4, 0.5) is 10.6 Å². The largest absolute Gasteiger partial charge is 0.364 e. The second-order valence-corrected chi connectivity index (χ2v) is 8.15. The maximum atomic E-state index is 12.7. The lowest BCUT2D eigenvalue weighted by Crippen LogP contribution is -2.41. The topological polar surface area (TPSA) is 105 Å². The van der Waals surface area contributed by atoms with Crippen LogP contribution in [0.1, 0.15) is 32.0 Å². The molecule has 0 bridgehead atoms. The summed E-state index contributed by atoms with van der Waals surface area (Å²) < 4.78 is 2.05. The van der Waals surface area contributed by atoms with Crippen LogP contribution in [-0.4, -0.2) is 77.5 Å². The van der Waals surface area contributed by atoms with Crippen molar-refractivity contribution in [3.05, 3.63) is 24.5 Å².